The number of halogens is 3. The first kappa shape index (κ1) is 16.2. The Morgan fingerprint density at radius 2 is 2.17 bits per heavy atom. The molecule has 0 amide bonds. The van der Waals surface area contributed by atoms with E-state index < -0.39 is 5.82 Å². The van der Waals surface area contributed by atoms with E-state index in [2.05, 4.69) is 16.9 Å². The molecule has 2 aromatic rings. The SMILES string of the molecule is CC#CCOc1cc(-c2nn3c(c2Cl)CCCC3)c(F)cc1Cl. The van der Waals surface area contributed by atoms with Crippen LogP contribution in [0, 0.1) is 17.7 Å². The largest absolute Gasteiger partial charge is 0.479 e. The molecule has 2 heterocycles. The summed E-state index contributed by atoms with van der Waals surface area (Å²) >= 11 is 12.5. The molecule has 3 nitrogen and oxygen atoms in total. The number of hydrogen-bond donors (Lipinski definition) is 0. The summed E-state index contributed by atoms with van der Waals surface area (Å²) in [5.74, 6) is 5.40. The number of aryl methyl sites for hydroxylation is 1. The van der Waals surface area contributed by atoms with Gasteiger partial charge in [0.05, 0.1) is 15.7 Å². The number of nitrogens with zero attached hydrogens (tertiary/aromatic N) is 2. The molecule has 1 aliphatic rings. The third-order valence-electron chi connectivity index (χ3n) is 3.78. The molecule has 0 saturated carbocycles. The van der Waals surface area contributed by atoms with Gasteiger partial charge in [-0.2, -0.15) is 5.10 Å². The Labute approximate surface area is 144 Å². The number of rotatable bonds is 3. The number of hydrogen-bond acceptors (Lipinski definition) is 2. The molecule has 120 valence electrons. The van der Waals surface area contributed by atoms with Gasteiger partial charge in [-0.1, -0.05) is 29.1 Å². The van der Waals surface area contributed by atoms with Crippen LogP contribution in [0.4, 0.5) is 4.39 Å². The van der Waals surface area contributed by atoms with Crippen molar-refractivity contribution in [1.82, 2.24) is 9.78 Å². The van der Waals surface area contributed by atoms with Crippen molar-refractivity contribution in [1.29, 1.82) is 0 Å². The predicted molar refractivity (Wildman–Crippen MR) is 89.5 cm³/mol. The summed E-state index contributed by atoms with van der Waals surface area (Å²) in [5, 5.41) is 5.17. The van der Waals surface area contributed by atoms with Crippen molar-refractivity contribution in [3.8, 4) is 28.8 Å². The average Bonchev–Trinajstić information content (AvgIpc) is 2.87. The minimum Gasteiger partial charge on any atom is -0.479 e. The quantitative estimate of drug-likeness (QED) is 0.746. The molecule has 6 heteroatoms. The smallest absolute Gasteiger partial charge is 0.149 e. The Morgan fingerprint density at radius 1 is 1.35 bits per heavy atom. The summed E-state index contributed by atoms with van der Waals surface area (Å²) < 4.78 is 21.7. The van der Waals surface area contributed by atoms with Crippen LogP contribution < -0.4 is 4.74 Å². The lowest BCUT2D eigenvalue weighted by Crippen LogP contribution is -2.10. The van der Waals surface area contributed by atoms with E-state index in [9.17, 15) is 4.39 Å². The molecule has 23 heavy (non-hydrogen) atoms. The van der Waals surface area contributed by atoms with Crippen LogP contribution in [-0.2, 0) is 13.0 Å². The molecular weight excluding hydrogens is 338 g/mol. The second kappa shape index (κ2) is 6.82. The lowest BCUT2D eigenvalue weighted by atomic mass is 10.1. The van der Waals surface area contributed by atoms with Crippen molar-refractivity contribution in [2.75, 3.05) is 6.61 Å². The van der Waals surface area contributed by atoms with Gasteiger partial charge in [-0.3, -0.25) is 4.68 Å². The first-order chi connectivity index (χ1) is 11.1. The van der Waals surface area contributed by atoms with Crippen molar-refractivity contribution >= 4 is 23.2 Å². The van der Waals surface area contributed by atoms with E-state index in [0.29, 0.717) is 22.0 Å². The third kappa shape index (κ3) is 3.17. The van der Waals surface area contributed by atoms with E-state index >= 15 is 0 Å². The zero-order valence-electron chi connectivity index (χ0n) is 12.6. The fraction of sp³-hybridized carbons (Fsp3) is 0.353. The highest BCUT2D eigenvalue weighted by Gasteiger charge is 2.23. The molecule has 0 N–H and O–H groups in total. The number of benzene rings is 1. The van der Waals surface area contributed by atoms with Gasteiger partial charge in [-0.25, -0.2) is 4.39 Å². The van der Waals surface area contributed by atoms with E-state index in [1.807, 2.05) is 4.68 Å². The van der Waals surface area contributed by atoms with Crippen molar-refractivity contribution in [2.45, 2.75) is 32.7 Å². The van der Waals surface area contributed by atoms with Gasteiger partial charge >= 0.3 is 0 Å². The normalized spacial score (nSPS) is 13.2. The van der Waals surface area contributed by atoms with Gasteiger partial charge in [0.1, 0.15) is 23.9 Å². The number of fused-ring (bicyclic) bond motifs is 1. The summed E-state index contributed by atoms with van der Waals surface area (Å²) in [6.07, 6.45) is 2.98. The molecule has 1 aromatic heterocycles. The molecule has 0 fully saturated rings. The second-order valence-corrected chi connectivity index (χ2v) is 6.05. The lowest BCUT2D eigenvalue weighted by Gasteiger charge is -2.12. The monoisotopic (exact) mass is 352 g/mol. The molecule has 0 atom stereocenters. The summed E-state index contributed by atoms with van der Waals surface area (Å²) in [6.45, 7) is 2.71. The highest BCUT2D eigenvalue weighted by Crippen LogP contribution is 2.38. The maximum absolute atomic E-state index is 14.4. The van der Waals surface area contributed by atoms with Gasteiger partial charge in [0.15, 0.2) is 0 Å². The molecule has 0 radical (unpaired) electrons. The molecule has 0 aliphatic carbocycles. The van der Waals surface area contributed by atoms with Gasteiger partial charge in [0, 0.05) is 12.1 Å². The van der Waals surface area contributed by atoms with E-state index in [-0.39, 0.29) is 11.6 Å². The van der Waals surface area contributed by atoms with Crippen LogP contribution in [-0.4, -0.2) is 16.4 Å². The van der Waals surface area contributed by atoms with E-state index in [1.54, 1.807) is 6.92 Å². The average molecular weight is 353 g/mol. The number of aromatic nitrogens is 2. The minimum absolute atomic E-state index is 0.189. The highest BCUT2D eigenvalue weighted by molar-refractivity contribution is 6.34. The molecule has 0 bridgehead atoms. The summed E-state index contributed by atoms with van der Waals surface area (Å²) in [7, 11) is 0. The highest BCUT2D eigenvalue weighted by atomic mass is 35.5. The van der Waals surface area contributed by atoms with Crippen LogP contribution in [0.5, 0.6) is 5.75 Å². The molecule has 0 unspecified atom stereocenters. The van der Waals surface area contributed by atoms with Crippen molar-refractivity contribution < 1.29 is 9.13 Å². The van der Waals surface area contributed by atoms with Crippen molar-refractivity contribution in [2.24, 2.45) is 0 Å². The van der Waals surface area contributed by atoms with Crippen LogP contribution in [0.25, 0.3) is 11.3 Å². The molecule has 0 saturated heterocycles. The first-order valence-corrected chi connectivity index (χ1v) is 8.14. The van der Waals surface area contributed by atoms with E-state index in [0.717, 1.165) is 31.5 Å². The standard InChI is InChI=1S/C17H15Cl2FN2O/c1-2-3-8-23-15-9-11(13(20)10-12(15)18)17-16(19)14-6-4-5-7-22(14)21-17/h9-10H,4-8H2,1H3. The Morgan fingerprint density at radius 3 is 2.91 bits per heavy atom. The maximum Gasteiger partial charge on any atom is 0.149 e. The van der Waals surface area contributed by atoms with Gasteiger partial charge < -0.3 is 4.74 Å². The summed E-state index contributed by atoms with van der Waals surface area (Å²) in [5.41, 5.74) is 1.69. The maximum atomic E-state index is 14.4. The molecule has 3 rings (SSSR count). The lowest BCUT2D eigenvalue weighted by molar-refractivity contribution is 0.370. The van der Waals surface area contributed by atoms with Gasteiger partial charge in [0.2, 0.25) is 0 Å². The molecule has 1 aromatic carbocycles. The Hall–Kier alpha value is -1.70. The molecule has 1 aliphatic heterocycles. The van der Waals surface area contributed by atoms with Crippen LogP contribution in [0.3, 0.4) is 0 Å². The Bertz CT molecular complexity index is 805. The Balaban J connectivity index is 2.03. The zero-order chi connectivity index (χ0) is 16.4. The van der Waals surface area contributed by atoms with E-state index in [4.69, 9.17) is 27.9 Å². The van der Waals surface area contributed by atoms with Crippen LogP contribution in [0.1, 0.15) is 25.5 Å². The zero-order valence-corrected chi connectivity index (χ0v) is 14.1. The summed E-state index contributed by atoms with van der Waals surface area (Å²) in [4.78, 5) is 0. The minimum atomic E-state index is -0.471. The second-order valence-electron chi connectivity index (χ2n) is 5.27. The fourth-order valence-electron chi connectivity index (χ4n) is 2.63. The fourth-order valence-corrected chi connectivity index (χ4v) is 3.17. The van der Waals surface area contributed by atoms with Gasteiger partial charge in [-0.05, 0) is 38.3 Å². The van der Waals surface area contributed by atoms with Crippen molar-refractivity contribution in [3.05, 3.63) is 33.7 Å². The van der Waals surface area contributed by atoms with Gasteiger partial charge in [-0.15, -0.1) is 5.92 Å². The Kier molecular flexibility index (Phi) is 4.79. The van der Waals surface area contributed by atoms with Crippen LogP contribution >= 0.6 is 23.2 Å². The first-order valence-electron chi connectivity index (χ1n) is 7.38. The predicted octanol–water partition coefficient (Wildman–Crippen LogP) is 4.73. The molecule has 0 spiro atoms. The van der Waals surface area contributed by atoms with Crippen molar-refractivity contribution in [3.63, 3.8) is 0 Å². The van der Waals surface area contributed by atoms with Gasteiger partial charge in [0.25, 0.3) is 0 Å². The molecular formula is C17H15Cl2FN2O. The van der Waals surface area contributed by atoms with Crippen LogP contribution in [0.15, 0.2) is 12.1 Å². The van der Waals surface area contributed by atoms with Crippen LogP contribution in [0.2, 0.25) is 10.0 Å². The third-order valence-corrected chi connectivity index (χ3v) is 4.47. The summed E-state index contributed by atoms with van der Waals surface area (Å²) in [6, 6.07) is 2.76. The number of ether oxygens (including phenoxy) is 1. The van der Waals surface area contributed by atoms with E-state index in [1.165, 1.54) is 12.1 Å². The topological polar surface area (TPSA) is 27.1 Å².